The summed E-state index contributed by atoms with van der Waals surface area (Å²) in [5.41, 5.74) is 3.71. The number of sulfonamides is 1. The molecule has 5 nitrogen and oxygen atoms in total. The Morgan fingerprint density at radius 2 is 1.92 bits per heavy atom. The summed E-state index contributed by atoms with van der Waals surface area (Å²) in [4.78, 5) is 4.70. The second-order valence-corrected chi connectivity index (χ2v) is 7.68. The Morgan fingerprint density at radius 3 is 2.75 bits per heavy atom. The topological polar surface area (TPSA) is 64.0 Å². The number of hydrogen-bond donors (Lipinski definition) is 1. The minimum absolute atomic E-state index is 0.357. The van der Waals surface area contributed by atoms with Crippen LogP contribution in [0.1, 0.15) is 17.5 Å². The zero-order chi connectivity index (χ0) is 17.2. The number of nitrogens with zero attached hydrogens (tertiary/aromatic N) is 2. The number of aryl methyl sites for hydroxylation is 3. The van der Waals surface area contributed by atoms with E-state index in [1.165, 1.54) is 0 Å². The maximum Gasteiger partial charge on any atom is 0.240 e. The molecule has 0 unspecified atom stereocenters. The van der Waals surface area contributed by atoms with Gasteiger partial charge in [-0.3, -0.25) is 0 Å². The van der Waals surface area contributed by atoms with Crippen LogP contribution in [0.15, 0.2) is 53.7 Å². The molecule has 0 amide bonds. The molecule has 3 rings (SSSR count). The highest BCUT2D eigenvalue weighted by atomic mass is 32.2. The van der Waals surface area contributed by atoms with Gasteiger partial charge in [0.25, 0.3) is 0 Å². The molecule has 24 heavy (non-hydrogen) atoms. The fourth-order valence-electron chi connectivity index (χ4n) is 2.72. The van der Waals surface area contributed by atoms with Crippen molar-refractivity contribution in [1.29, 1.82) is 0 Å². The summed E-state index contributed by atoms with van der Waals surface area (Å²) in [5.74, 6) is 0. The third-order valence-corrected chi connectivity index (χ3v) is 5.63. The molecule has 0 aliphatic carbocycles. The average Bonchev–Trinajstić information content (AvgIpc) is 2.97. The van der Waals surface area contributed by atoms with Crippen LogP contribution in [-0.2, 0) is 16.6 Å². The summed E-state index contributed by atoms with van der Waals surface area (Å²) in [6.07, 6.45) is 2.49. The molecule has 3 aromatic rings. The molecule has 0 saturated carbocycles. The van der Waals surface area contributed by atoms with Gasteiger partial charge >= 0.3 is 0 Å². The van der Waals surface area contributed by atoms with E-state index < -0.39 is 10.0 Å². The zero-order valence-electron chi connectivity index (χ0n) is 13.9. The van der Waals surface area contributed by atoms with E-state index in [-0.39, 0.29) is 0 Å². The molecule has 0 saturated heterocycles. The largest absolute Gasteiger partial charge is 0.331 e. The molecule has 0 fully saturated rings. The van der Waals surface area contributed by atoms with Crippen molar-refractivity contribution in [2.75, 3.05) is 6.54 Å². The van der Waals surface area contributed by atoms with Crippen LogP contribution in [0.3, 0.4) is 0 Å². The fraction of sp³-hybridized carbons (Fsp3) is 0.278. The van der Waals surface area contributed by atoms with Crippen LogP contribution in [0.25, 0.3) is 11.0 Å². The summed E-state index contributed by atoms with van der Waals surface area (Å²) in [6, 6.07) is 13.4. The van der Waals surface area contributed by atoms with Gasteiger partial charge in [0.05, 0.1) is 22.3 Å². The van der Waals surface area contributed by atoms with Gasteiger partial charge in [-0.25, -0.2) is 18.1 Å². The van der Waals surface area contributed by atoms with E-state index in [2.05, 4.69) is 9.71 Å². The lowest BCUT2D eigenvalue weighted by Gasteiger charge is -2.10. The lowest BCUT2D eigenvalue weighted by molar-refractivity contribution is 0.571. The SMILES string of the molecule is Cc1ccc(C)c(S(=O)(=O)NCCCn2cnc3ccccc32)c1. The molecule has 1 aromatic heterocycles. The molecule has 1 N–H and O–H groups in total. The molecular formula is C18H21N3O2S. The smallest absolute Gasteiger partial charge is 0.240 e. The van der Waals surface area contributed by atoms with Crippen LogP contribution in [0.4, 0.5) is 0 Å². The van der Waals surface area contributed by atoms with E-state index >= 15 is 0 Å². The first kappa shape index (κ1) is 16.7. The van der Waals surface area contributed by atoms with E-state index in [4.69, 9.17) is 0 Å². The molecule has 126 valence electrons. The molecule has 0 atom stereocenters. The summed E-state index contributed by atoms with van der Waals surface area (Å²) in [7, 11) is -3.47. The van der Waals surface area contributed by atoms with Gasteiger partial charge in [-0.15, -0.1) is 0 Å². The summed E-state index contributed by atoms with van der Waals surface area (Å²) < 4.78 is 29.6. The lowest BCUT2D eigenvalue weighted by Crippen LogP contribution is -2.26. The minimum Gasteiger partial charge on any atom is -0.331 e. The number of fused-ring (bicyclic) bond motifs is 1. The van der Waals surface area contributed by atoms with Gasteiger partial charge in [-0.1, -0.05) is 24.3 Å². The zero-order valence-corrected chi connectivity index (χ0v) is 14.7. The van der Waals surface area contributed by atoms with Crippen molar-refractivity contribution in [3.8, 4) is 0 Å². The van der Waals surface area contributed by atoms with Crippen molar-refractivity contribution in [3.05, 3.63) is 59.9 Å². The van der Waals surface area contributed by atoms with Gasteiger partial charge in [0.15, 0.2) is 0 Å². The predicted molar refractivity (Wildman–Crippen MR) is 95.5 cm³/mol. The number of rotatable bonds is 6. The predicted octanol–water partition coefficient (Wildman–Crippen LogP) is 3.02. The number of nitrogens with one attached hydrogen (secondary N) is 1. The molecule has 0 spiro atoms. The van der Waals surface area contributed by atoms with Crippen molar-refractivity contribution in [3.63, 3.8) is 0 Å². The first-order chi connectivity index (χ1) is 11.5. The average molecular weight is 343 g/mol. The van der Waals surface area contributed by atoms with E-state index in [1.54, 1.807) is 12.4 Å². The fourth-order valence-corrected chi connectivity index (χ4v) is 4.12. The van der Waals surface area contributed by atoms with Crippen molar-refractivity contribution < 1.29 is 8.42 Å². The Kier molecular flexibility index (Phi) is 4.69. The molecule has 2 aromatic carbocycles. The van der Waals surface area contributed by atoms with Gasteiger partial charge in [0.2, 0.25) is 10.0 Å². The first-order valence-electron chi connectivity index (χ1n) is 7.94. The highest BCUT2D eigenvalue weighted by molar-refractivity contribution is 7.89. The van der Waals surface area contributed by atoms with Crippen LogP contribution in [0.2, 0.25) is 0 Å². The van der Waals surface area contributed by atoms with Crippen LogP contribution in [-0.4, -0.2) is 24.5 Å². The molecule has 0 bridgehead atoms. The Bertz CT molecular complexity index is 961. The van der Waals surface area contributed by atoms with E-state index in [9.17, 15) is 8.42 Å². The Labute approximate surface area is 142 Å². The number of aromatic nitrogens is 2. The quantitative estimate of drug-likeness (QED) is 0.700. The second kappa shape index (κ2) is 6.75. The molecule has 1 heterocycles. The Morgan fingerprint density at radius 1 is 1.12 bits per heavy atom. The highest BCUT2D eigenvalue weighted by Crippen LogP contribution is 2.16. The Hall–Kier alpha value is -2.18. The minimum atomic E-state index is -3.47. The molecule has 0 aliphatic rings. The number of hydrogen-bond acceptors (Lipinski definition) is 3. The van der Waals surface area contributed by atoms with Crippen molar-refractivity contribution in [2.45, 2.75) is 31.7 Å². The summed E-state index contributed by atoms with van der Waals surface area (Å²) in [6.45, 7) is 4.81. The van der Waals surface area contributed by atoms with Crippen molar-refractivity contribution in [1.82, 2.24) is 14.3 Å². The lowest BCUT2D eigenvalue weighted by atomic mass is 10.2. The standard InChI is InChI=1S/C18H21N3O2S/c1-14-8-9-15(2)18(12-14)24(22,23)20-10-5-11-21-13-19-16-6-3-4-7-17(16)21/h3-4,6-9,12-13,20H,5,10-11H2,1-2H3. The van der Waals surface area contributed by atoms with Gasteiger partial charge in [-0.2, -0.15) is 0 Å². The van der Waals surface area contributed by atoms with Crippen LogP contribution in [0.5, 0.6) is 0 Å². The van der Waals surface area contributed by atoms with Gasteiger partial charge < -0.3 is 4.57 Å². The van der Waals surface area contributed by atoms with Crippen LogP contribution >= 0.6 is 0 Å². The maximum atomic E-state index is 12.4. The van der Waals surface area contributed by atoms with E-state index in [0.717, 1.165) is 28.7 Å². The first-order valence-corrected chi connectivity index (χ1v) is 9.42. The highest BCUT2D eigenvalue weighted by Gasteiger charge is 2.16. The van der Waals surface area contributed by atoms with Crippen LogP contribution in [0, 0.1) is 13.8 Å². The molecule has 0 radical (unpaired) electrons. The molecule has 6 heteroatoms. The third-order valence-electron chi connectivity index (χ3n) is 4.03. The van der Waals surface area contributed by atoms with E-state index in [1.807, 2.05) is 54.8 Å². The molecule has 0 aliphatic heterocycles. The third kappa shape index (κ3) is 3.49. The van der Waals surface area contributed by atoms with Gasteiger partial charge in [0, 0.05) is 13.1 Å². The second-order valence-electron chi connectivity index (χ2n) is 5.95. The number of para-hydroxylation sites is 2. The normalized spacial score (nSPS) is 11.9. The van der Waals surface area contributed by atoms with Crippen molar-refractivity contribution >= 4 is 21.1 Å². The number of benzene rings is 2. The van der Waals surface area contributed by atoms with Crippen LogP contribution < -0.4 is 4.72 Å². The number of imidazole rings is 1. The van der Waals surface area contributed by atoms with E-state index in [0.29, 0.717) is 17.9 Å². The summed E-state index contributed by atoms with van der Waals surface area (Å²) >= 11 is 0. The summed E-state index contributed by atoms with van der Waals surface area (Å²) in [5, 5.41) is 0. The van der Waals surface area contributed by atoms with Gasteiger partial charge in [0.1, 0.15) is 0 Å². The maximum absolute atomic E-state index is 12.4. The van der Waals surface area contributed by atoms with Crippen molar-refractivity contribution in [2.24, 2.45) is 0 Å². The molecular weight excluding hydrogens is 322 g/mol. The van der Waals surface area contributed by atoms with Gasteiger partial charge in [-0.05, 0) is 49.6 Å². The monoisotopic (exact) mass is 343 g/mol. The Balaban J connectivity index is 1.62.